The topological polar surface area (TPSA) is 76.5 Å². The molecule has 0 aliphatic carbocycles. The number of para-hydroxylation sites is 1. The van der Waals surface area contributed by atoms with Crippen molar-refractivity contribution in [3.63, 3.8) is 0 Å². The van der Waals surface area contributed by atoms with Crippen molar-refractivity contribution in [3.05, 3.63) is 70.1 Å². The molecule has 0 bridgehead atoms. The van der Waals surface area contributed by atoms with Gasteiger partial charge in [-0.2, -0.15) is 0 Å². The van der Waals surface area contributed by atoms with E-state index in [1.54, 1.807) is 18.2 Å². The first kappa shape index (κ1) is 13.0. The van der Waals surface area contributed by atoms with Gasteiger partial charge in [-0.15, -0.1) is 0 Å². The monoisotopic (exact) mass is 279 g/mol. The Morgan fingerprint density at radius 1 is 1.00 bits per heavy atom. The molecule has 2 aromatic carbocycles. The molecule has 0 unspecified atom stereocenters. The minimum atomic E-state index is -0.436. The normalized spacial score (nSPS) is 11.2. The van der Waals surface area contributed by atoms with Crippen LogP contribution in [0.4, 0.5) is 5.69 Å². The predicted octanol–water partition coefficient (Wildman–Crippen LogP) is 3.25. The number of phenolic OH excluding ortho intramolecular Hbond substituents is 1. The molecule has 3 rings (SSSR count). The Labute approximate surface area is 120 Å². The average molecular weight is 279 g/mol. The number of hydrogen-bond donors (Lipinski definition) is 2. The lowest BCUT2D eigenvalue weighted by Crippen LogP contribution is -1.97. The van der Waals surface area contributed by atoms with Gasteiger partial charge >= 0.3 is 5.63 Å². The van der Waals surface area contributed by atoms with Crippen LogP contribution < -0.4 is 11.4 Å². The summed E-state index contributed by atoms with van der Waals surface area (Å²) in [6.07, 6.45) is 3.61. The molecule has 0 saturated carbocycles. The minimum absolute atomic E-state index is 0.116. The van der Waals surface area contributed by atoms with Crippen LogP contribution in [0.25, 0.3) is 23.1 Å². The second-order valence-corrected chi connectivity index (χ2v) is 4.66. The third kappa shape index (κ3) is 2.65. The number of phenols is 1. The van der Waals surface area contributed by atoms with Crippen LogP contribution in [-0.2, 0) is 0 Å². The van der Waals surface area contributed by atoms with Crippen LogP contribution in [0.15, 0.2) is 57.7 Å². The van der Waals surface area contributed by atoms with Gasteiger partial charge in [0, 0.05) is 17.1 Å². The molecule has 4 nitrogen and oxygen atoms in total. The first-order valence-electron chi connectivity index (χ1n) is 6.43. The maximum Gasteiger partial charge on any atom is 0.336 e. The Kier molecular flexibility index (Phi) is 3.20. The maximum absolute atomic E-state index is 11.6. The van der Waals surface area contributed by atoms with Gasteiger partial charge in [-0.25, -0.2) is 4.79 Å². The highest BCUT2D eigenvalue weighted by Crippen LogP contribution is 2.24. The molecular formula is C17H13NO3. The summed E-state index contributed by atoms with van der Waals surface area (Å²) in [5.41, 5.74) is 8.06. The van der Waals surface area contributed by atoms with Gasteiger partial charge in [0.05, 0.1) is 0 Å². The summed E-state index contributed by atoms with van der Waals surface area (Å²) in [7, 11) is 0. The van der Waals surface area contributed by atoms with Crippen molar-refractivity contribution < 1.29 is 9.52 Å². The minimum Gasteiger partial charge on any atom is -0.508 e. The first-order chi connectivity index (χ1) is 10.1. The number of hydrogen-bond acceptors (Lipinski definition) is 4. The van der Waals surface area contributed by atoms with E-state index in [0.29, 0.717) is 22.2 Å². The lowest BCUT2D eigenvalue weighted by molar-refractivity contribution is 0.475. The second-order valence-electron chi connectivity index (χ2n) is 4.66. The lowest BCUT2D eigenvalue weighted by Gasteiger charge is -2.02. The van der Waals surface area contributed by atoms with Crippen molar-refractivity contribution in [1.29, 1.82) is 0 Å². The SMILES string of the molecule is Nc1ccccc1/C=C/c1cc(=O)oc2ccc(O)cc12. The van der Waals surface area contributed by atoms with Crippen LogP contribution in [0.1, 0.15) is 11.1 Å². The van der Waals surface area contributed by atoms with E-state index in [-0.39, 0.29) is 5.75 Å². The highest BCUT2D eigenvalue weighted by Gasteiger charge is 2.04. The Morgan fingerprint density at radius 2 is 1.76 bits per heavy atom. The quantitative estimate of drug-likeness (QED) is 0.557. The Balaban J connectivity index is 2.14. The number of aromatic hydroxyl groups is 1. The third-order valence-corrected chi connectivity index (χ3v) is 3.20. The largest absolute Gasteiger partial charge is 0.508 e. The number of nitrogen functional groups attached to an aromatic ring is 1. The fourth-order valence-corrected chi connectivity index (χ4v) is 2.16. The molecule has 0 fully saturated rings. The summed E-state index contributed by atoms with van der Waals surface area (Å²) in [6.45, 7) is 0. The van der Waals surface area contributed by atoms with Crippen molar-refractivity contribution in [1.82, 2.24) is 0 Å². The highest BCUT2D eigenvalue weighted by atomic mass is 16.4. The van der Waals surface area contributed by atoms with Crippen molar-refractivity contribution in [2.75, 3.05) is 5.73 Å². The molecule has 0 atom stereocenters. The molecule has 3 N–H and O–H groups in total. The molecule has 3 aromatic rings. The summed E-state index contributed by atoms with van der Waals surface area (Å²) in [6, 6.07) is 13.4. The second kappa shape index (κ2) is 5.17. The summed E-state index contributed by atoms with van der Waals surface area (Å²) < 4.78 is 5.11. The summed E-state index contributed by atoms with van der Waals surface area (Å²) in [5, 5.41) is 10.3. The predicted molar refractivity (Wildman–Crippen MR) is 83.9 cm³/mol. The van der Waals surface area contributed by atoms with E-state index in [9.17, 15) is 9.90 Å². The van der Waals surface area contributed by atoms with E-state index in [1.165, 1.54) is 12.1 Å². The van der Waals surface area contributed by atoms with Crippen LogP contribution in [0.5, 0.6) is 5.75 Å². The van der Waals surface area contributed by atoms with E-state index in [0.717, 1.165) is 5.56 Å². The van der Waals surface area contributed by atoms with Gasteiger partial charge in [0.25, 0.3) is 0 Å². The molecule has 1 aromatic heterocycles. The fraction of sp³-hybridized carbons (Fsp3) is 0. The fourth-order valence-electron chi connectivity index (χ4n) is 2.16. The molecule has 0 amide bonds. The Hall–Kier alpha value is -3.01. The van der Waals surface area contributed by atoms with Crippen molar-refractivity contribution >= 4 is 28.8 Å². The van der Waals surface area contributed by atoms with E-state index >= 15 is 0 Å². The van der Waals surface area contributed by atoms with Crippen LogP contribution in [-0.4, -0.2) is 5.11 Å². The van der Waals surface area contributed by atoms with E-state index < -0.39 is 5.63 Å². The highest BCUT2D eigenvalue weighted by molar-refractivity contribution is 5.90. The summed E-state index contributed by atoms with van der Waals surface area (Å²) in [4.78, 5) is 11.6. The van der Waals surface area contributed by atoms with E-state index in [2.05, 4.69) is 0 Å². The number of fused-ring (bicyclic) bond motifs is 1. The van der Waals surface area contributed by atoms with Gasteiger partial charge in [-0.1, -0.05) is 30.4 Å². The van der Waals surface area contributed by atoms with Crippen LogP contribution >= 0.6 is 0 Å². The zero-order valence-corrected chi connectivity index (χ0v) is 11.1. The van der Waals surface area contributed by atoms with Crippen LogP contribution in [0.3, 0.4) is 0 Å². The van der Waals surface area contributed by atoms with Gasteiger partial charge in [-0.05, 0) is 35.4 Å². The van der Waals surface area contributed by atoms with E-state index in [4.69, 9.17) is 10.2 Å². The standard InChI is InChI=1S/C17H13NO3/c18-15-4-2-1-3-11(15)5-6-12-9-17(20)21-16-8-7-13(19)10-14(12)16/h1-10,19H,18H2/b6-5+. The summed E-state index contributed by atoms with van der Waals surface area (Å²) in [5.74, 6) is 0.116. The molecule has 1 heterocycles. The van der Waals surface area contributed by atoms with E-state index in [1.807, 2.05) is 30.3 Å². The molecule has 0 radical (unpaired) electrons. The van der Waals surface area contributed by atoms with Crippen molar-refractivity contribution in [3.8, 4) is 5.75 Å². The number of anilines is 1. The summed E-state index contributed by atoms with van der Waals surface area (Å²) >= 11 is 0. The van der Waals surface area contributed by atoms with Gasteiger partial charge in [0.15, 0.2) is 0 Å². The molecule has 21 heavy (non-hydrogen) atoms. The van der Waals surface area contributed by atoms with Gasteiger partial charge in [0.1, 0.15) is 11.3 Å². The number of rotatable bonds is 2. The molecule has 4 heteroatoms. The first-order valence-corrected chi connectivity index (χ1v) is 6.43. The molecule has 0 spiro atoms. The molecular weight excluding hydrogens is 266 g/mol. The van der Waals surface area contributed by atoms with Crippen molar-refractivity contribution in [2.24, 2.45) is 0 Å². The van der Waals surface area contributed by atoms with Crippen molar-refractivity contribution in [2.45, 2.75) is 0 Å². The zero-order chi connectivity index (χ0) is 14.8. The smallest absolute Gasteiger partial charge is 0.336 e. The Bertz CT molecular complexity index is 894. The zero-order valence-electron chi connectivity index (χ0n) is 11.1. The number of nitrogens with two attached hydrogens (primary N) is 1. The third-order valence-electron chi connectivity index (χ3n) is 3.20. The van der Waals surface area contributed by atoms with Crippen LogP contribution in [0, 0.1) is 0 Å². The van der Waals surface area contributed by atoms with Crippen LogP contribution in [0.2, 0.25) is 0 Å². The lowest BCUT2D eigenvalue weighted by atomic mass is 10.1. The molecule has 104 valence electrons. The number of benzene rings is 2. The van der Waals surface area contributed by atoms with Gasteiger partial charge < -0.3 is 15.3 Å². The molecule has 0 aliphatic rings. The average Bonchev–Trinajstić information content (AvgIpc) is 2.47. The maximum atomic E-state index is 11.6. The molecule has 0 aliphatic heterocycles. The van der Waals surface area contributed by atoms with Gasteiger partial charge in [-0.3, -0.25) is 0 Å². The molecule has 0 saturated heterocycles. The Morgan fingerprint density at radius 3 is 2.57 bits per heavy atom. The van der Waals surface area contributed by atoms with Gasteiger partial charge in [0.2, 0.25) is 0 Å².